The van der Waals surface area contributed by atoms with Crippen molar-refractivity contribution in [2.45, 2.75) is 32.1 Å². The number of rotatable bonds is 2. The first kappa shape index (κ1) is 17.5. The standard InChI is InChI=1S/C20H15N3O6/c1-2-20(26)13-7-15-16-11(8-22(15)18(24)12(13)9-29-19(20)25)17(23(27)28)10-5-3-4-6-14(10)21-16/h3-7,26H,2,8-9H2,1H3. The van der Waals surface area contributed by atoms with Crippen LogP contribution >= 0.6 is 0 Å². The second-order valence-electron chi connectivity index (χ2n) is 7.16. The number of esters is 1. The van der Waals surface area contributed by atoms with E-state index >= 15 is 0 Å². The molecule has 1 atom stereocenters. The van der Waals surface area contributed by atoms with Gasteiger partial charge in [-0.15, -0.1) is 0 Å². The zero-order valence-electron chi connectivity index (χ0n) is 15.3. The maximum atomic E-state index is 13.1. The van der Waals surface area contributed by atoms with Crippen molar-refractivity contribution in [1.82, 2.24) is 9.55 Å². The maximum absolute atomic E-state index is 13.1. The van der Waals surface area contributed by atoms with Crippen LogP contribution in [0.3, 0.4) is 0 Å². The van der Waals surface area contributed by atoms with Crippen LogP contribution in [0.2, 0.25) is 0 Å². The summed E-state index contributed by atoms with van der Waals surface area (Å²) in [5.41, 5.74) is -0.698. The van der Waals surface area contributed by atoms with Crippen LogP contribution in [-0.2, 0) is 28.3 Å². The number of carbonyl (C=O) groups is 1. The van der Waals surface area contributed by atoms with Crippen LogP contribution in [0.5, 0.6) is 0 Å². The minimum atomic E-state index is -1.94. The molecule has 1 aromatic carbocycles. The number of pyridine rings is 2. The molecule has 146 valence electrons. The summed E-state index contributed by atoms with van der Waals surface area (Å²) >= 11 is 0. The number of aliphatic hydroxyl groups is 1. The van der Waals surface area contributed by atoms with E-state index in [1.807, 2.05) is 0 Å². The monoisotopic (exact) mass is 393 g/mol. The number of nitro groups is 1. The van der Waals surface area contributed by atoms with Crippen LogP contribution < -0.4 is 5.56 Å². The van der Waals surface area contributed by atoms with Gasteiger partial charge in [0.2, 0.25) is 0 Å². The molecule has 0 aliphatic carbocycles. The van der Waals surface area contributed by atoms with Gasteiger partial charge in [0.05, 0.1) is 44.9 Å². The summed E-state index contributed by atoms with van der Waals surface area (Å²) in [6.45, 7) is 1.36. The highest BCUT2D eigenvalue weighted by molar-refractivity contribution is 5.94. The predicted octanol–water partition coefficient (Wildman–Crippen LogP) is 1.99. The molecule has 0 saturated heterocycles. The van der Waals surface area contributed by atoms with E-state index in [0.717, 1.165) is 0 Å². The number of para-hydroxylation sites is 1. The number of fused-ring (bicyclic) bond motifs is 5. The quantitative estimate of drug-likeness (QED) is 0.314. The lowest BCUT2D eigenvalue weighted by molar-refractivity contribution is -0.383. The molecule has 9 nitrogen and oxygen atoms in total. The van der Waals surface area contributed by atoms with E-state index < -0.39 is 22.1 Å². The minimum absolute atomic E-state index is 0.0105. The topological polar surface area (TPSA) is 125 Å². The zero-order valence-corrected chi connectivity index (χ0v) is 15.3. The number of cyclic esters (lactones) is 1. The molecular formula is C20H15N3O6. The largest absolute Gasteiger partial charge is 0.458 e. The molecule has 0 saturated carbocycles. The average Bonchev–Trinajstić information content (AvgIpc) is 3.07. The average molecular weight is 393 g/mol. The minimum Gasteiger partial charge on any atom is -0.458 e. The number of benzene rings is 1. The molecule has 0 bridgehead atoms. The van der Waals surface area contributed by atoms with Gasteiger partial charge in [-0.25, -0.2) is 9.78 Å². The number of nitrogens with zero attached hydrogens (tertiary/aromatic N) is 3. The summed E-state index contributed by atoms with van der Waals surface area (Å²) in [6.07, 6.45) is 0.0277. The molecule has 5 rings (SSSR count). The molecule has 0 spiro atoms. The van der Waals surface area contributed by atoms with Gasteiger partial charge in [0.1, 0.15) is 6.61 Å². The van der Waals surface area contributed by atoms with Crippen molar-refractivity contribution in [2.24, 2.45) is 0 Å². The van der Waals surface area contributed by atoms with Crippen LogP contribution in [0.1, 0.15) is 30.0 Å². The molecule has 29 heavy (non-hydrogen) atoms. The number of aromatic nitrogens is 2. The fourth-order valence-electron chi connectivity index (χ4n) is 4.22. The van der Waals surface area contributed by atoms with Crippen LogP contribution in [0.4, 0.5) is 5.69 Å². The third kappa shape index (κ3) is 2.16. The van der Waals surface area contributed by atoms with E-state index in [1.165, 1.54) is 10.6 Å². The number of hydrogen-bond donors (Lipinski definition) is 1. The van der Waals surface area contributed by atoms with Gasteiger partial charge >= 0.3 is 5.97 Å². The number of ether oxygens (including phenoxy) is 1. The van der Waals surface area contributed by atoms with Gasteiger partial charge in [0, 0.05) is 5.56 Å². The number of hydrogen-bond acceptors (Lipinski definition) is 7. The Morgan fingerprint density at radius 2 is 2.07 bits per heavy atom. The normalized spacial score (nSPS) is 19.4. The molecular weight excluding hydrogens is 378 g/mol. The fourth-order valence-corrected chi connectivity index (χ4v) is 4.22. The molecule has 1 N–H and O–H groups in total. The Balaban J connectivity index is 1.87. The third-order valence-electron chi connectivity index (χ3n) is 5.75. The molecule has 1 unspecified atom stereocenters. The fraction of sp³-hybridized carbons (Fsp3) is 0.250. The maximum Gasteiger partial charge on any atom is 0.343 e. The van der Waals surface area contributed by atoms with Crippen molar-refractivity contribution < 1.29 is 19.6 Å². The molecule has 2 aromatic heterocycles. The van der Waals surface area contributed by atoms with Crippen LogP contribution in [0.15, 0.2) is 35.1 Å². The summed E-state index contributed by atoms with van der Waals surface area (Å²) in [7, 11) is 0. The van der Waals surface area contributed by atoms with Crippen LogP contribution in [0.25, 0.3) is 22.3 Å². The zero-order chi connectivity index (χ0) is 20.5. The lowest BCUT2D eigenvalue weighted by atomic mass is 9.86. The molecule has 3 aromatic rings. The van der Waals surface area contributed by atoms with Gasteiger partial charge in [-0.3, -0.25) is 14.9 Å². The molecule has 4 heterocycles. The van der Waals surface area contributed by atoms with E-state index in [-0.39, 0.29) is 36.4 Å². The second-order valence-corrected chi connectivity index (χ2v) is 7.16. The van der Waals surface area contributed by atoms with Gasteiger partial charge in [-0.05, 0) is 24.6 Å². The number of carbonyl (C=O) groups excluding carboxylic acids is 1. The predicted molar refractivity (Wildman–Crippen MR) is 101 cm³/mol. The summed E-state index contributed by atoms with van der Waals surface area (Å²) in [5.74, 6) is -0.812. The van der Waals surface area contributed by atoms with E-state index in [2.05, 4.69) is 4.98 Å². The molecule has 0 amide bonds. The Morgan fingerprint density at radius 3 is 2.79 bits per heavy atom. The van der Waals surface area contributed by atoms with Gasteiger partial charge in [-0.2, -0.15) is 0 Å². The summed E-state index contributed by atoms with van der Waals surface area (Å²) in [6, 6.07) is 8.26. The van der Waals surface area contributed by atoms with Crippen LogP contribution in [-0.4, -0.2) is 25.6 Å². The van der Waals surface area contributed by atoms with Gasteiger partial charge in [-0.1, -0.05) is 19.1 Å². The molecule has 0 fully saturated rings. The van der Waals surface area contributed by atoms with Gasteiger partial charge < -0.3 is 14.4 Å². The Hall–Kier alpha value is -3.59. The van der Waals surface area contributed by atoms with Crippen molar-refractivity contribution in [3.63, 3.8) is 0 Å². The Morgan fingerprint density at radius 1 is 1.31 bits per heavy atom. The van der Waals surface area contributed by atoms with Gasteiger partial charge in [0.15, 0.2) is 5.60 Å². The molecule has 2 aliphatic rings. The Bertz CT molecular complexity index is 1310. The van der Waals surface area contributed by atoms with Gasteiger partial charge in [0.25, 0.3) is 11.2 Å². The first-order valence-corrected chi connectivity index (χ1v) is 9.10. The highest BCUT2D eigenvalue weighted by Gasteiger charge is 2.45. The highest BCUT2D eigenvalue weighted by Crippen LogP contribution is 2.42. The Labute approximate surface area is 163 Å². The van der Waals surface area contributed by atoms with Crippen molar-refractivity contribution in [3.8, 4) is 11.4 Å². The van der Waals surface area contributed by atoms with E-state index in [1.54, 1.807) is 31.2 Å². The lowest BCUT2D eigenvalue weighted by Gasteiger charge is -2.31. The first-order valence-electron chi connectivity index (χ1n) is 9.10. The summed E-state index contributed by atoms with van der Waals surface area (Å²) in [5, 5.41) is 23.1. The Kier molecular flexibility index (Phi) is 3.45. The van der Waals surface area contributed by atoms with Crippen molar-refractivity contribution in [1.29, 1.82) is 0 Å². The smallest absolute Gasteiger partial charge is 0.343 e. The van der Waals surface area contributed by atoms with Crippen molar-refractivity contribution >= 4 is 22.6 Å². The molecule has 2 aliphatic heterocycles. The van der Waals surface area contributed by atoms with Crippen LogP contribution in [0, 0.1) is 10.1 Å². The van der Waals surface area contributed by atoms with E-state index in [0.29, 0.717) is 27.9 Å². The third-order valence-corrected chi connectivity index (χ3v) is 5.75. The van der Waals surface area contributed by atoms with Crippen molar-refractivity contribution in [3.05, 3.63) is 67.5 Å². The first-order chi connectivity index (χ1) is 13.9. The SMILES string of the molecule is CCC1(O)C(=O)OCc2c1cc1n(c2=O)Cc2c-1nc1ccccc1c2[N+](=O)[O-]. The summed E-state index contributed by atoms with van der Waals surface area (Å²) < 4.78 is 6.41. The second kappa shape index (κ2) is 5.71. The van der Waals surface area contributed by atoms with E-state index in [4.69, 9.17) is 4.74 Å². The van der Waals surface area contributed by atoms with E-state index in [9.17, 15) is 24.8 Å². The van der Waals surface area contributed by atoms with Crippen molar-refractivity contribution in [2.75, 3.05) is 0 Å². The summed E-state index contributed by atoms with van der Waals surface area (Å²) in [4.78, 5) is 41.3. The highest BCUT2D eigenvalue weighted by atomic mass is 16.6. The molecule has 0 radical (unpaired) electrons. The lowest BCUT2D eigenvalue weighted by Crippen LogP contribution is -2.44. The molecule has 9 heteroatoms.